The molecule has 0 saturated heterocycles. The summed E-state index contributed by atoms with van der Waals surface area (Å²) in [5.74, 6) is 0.131. The summed E-state index contributed by atoms with van der Waals surface area (Å²) in [6.07, 6.45) is 0. The first-order valence-electron chi connectivity index (χ1n) is 18.2. The number of rotatable bonds is 7. The molecule has 0 amide bonds. The molecule has 0 radical (unpaired) electrons. The Morgan fingerprint density at radius 2 is 0.962 bits per heavy atom. The maximum atomic E-state index is 2.42. The predicted molar refractivity (Wildman–Crippen MR) is 226 cm³/mol. The summed E-state index contributed by atoms with van der Waals surface area (Å²) >= 11 is 1.84. The summed E-state index contributed by atoms with van der Waals surface area (Å²) in [5, 5.41) is 5.08. The Hall–Kier alpha value is -6.48. The number of benzene rings is 8. The minimum Gasteiger partial charge on any atom is -0.309 e. The number of aromatic nitrogens is 1. The standard InChI is InChI=1S/C51H35NS/c1-3-14-37(15-4-1)49-31-32-50(53-49)41-19-11-20-42(33-41)52-47-24-10-9-22-44(47)46-34-40(29-30-48(46)52)35-25-27-39(28-26-35)51(38-16-5-2-6-17-38)45-23-12-18-36-13-7-8-21-43(36)45/h1-34,51H. The molecule has 0 fully saturated rings. The molecule has 1 nitrogen and oxygen atoms in total. The fourth-order valence-corrected chi connectivity index (χ4v) is 9.05. The van der Waals surface area contributed by atoms with Crippen LogP contribution in [-0.4, -0.2) is 4.57 Å². The molecular weight excluding hydrogens is 659 g/mol. The molecule has 8 aromatic carbocycles. The summed E-state index contributed by atoms with van der Waals surface area (Å²) in [4.78, 5) is 2.56. The van der Waals surface area contributed by atoms with Gasteiger partial charge in [-0.25, -0.2) is 0 Å². The first-order chi connectivity index (χ1) is 26.3. The number of hydrogen-bond donors (Lipinski definition) is 0. The molecule has 1 unspecified atom stereocenters. The van der Waals surface area contributed by atoms with Gasteiger partial charge in [0.2, 0.25) is 0 Å². The van der Waals surface area contributed by atoms with Gasteiger partial charge >= 0.3 is 0 Å². The smallest absolute Gasteiger partial charge is 0.0541 e. The first-order valence-corrected chi connectivity index (χ1v) is 19.0. The zero-order chi connectivity index (χ0) is 35.1. The van der Waals surface area contributed by atoms with Gasteiger partial charge in [-0.05, 0) is 92.2 Å². The Labute approximate surface area is 313 Å². The molecule has 2 aromatic heterocycles. The number of para-hydroxylation sites is 1. The monoisotopic (exact) mass is 693 g/mol. The molecule has 0 saturated carbocycles. The van der Waals surface area contributed by atoms with Crippen molar-refractivity contribution in [2.24, 2.45) is 0 Å². The van der Waals surface area contributed by atoms with Gasteiger partial charge in [-0.2, -0.15) is 0 Å². The van der Waals surface area contributed by atoms with Gasteiger partial charge in [0.1, 0.15) is 0 Å². The van der Waals surface area contributed by atoms with Crippen molar-refractivity contribution in [2.45, 2.75) is 5.92 Å². The highest BCUT2D eigenvalue weighted by atomic mass is 32.1. The largest absolute Gasteiger partial charge is 0.309 e. The molecule has 0 aliphatic heterocycles. The Bertz CT molecular complexity index is 2870. The van der Waals surface area contributed by atoms with Crippen molar-refractivity contribution in [2.75, 3.05) is 0 Å². The lowest BCUT2D eigenvalue weighted by Gasteiger charge is -2.21. The second-order valence-corrected chi connectivity index (χ2v) is 14.8. The van der Waals surface area contributed by atoms with Gasteiger partial charge in [0.05, 0.1) is 11.0 Å². The van der Waals surface area contributed by atoms with Gasteiger partial charge in [0.15, 0.2) is 0 Å². The Morgan fingerprint density at radius 1 is 0.358 bits per heavy atom. The third-order valence-electron chi connectivity index (χ3n) is 10.6. The average molecular weight is 694 g/mol. The van der Waals surface area contributed by atoms with E-state index in [-0.39, 0.29) is 5.92 Å². The van der Waals surface area contributed by atoms with E-state index in [0.717, 1.165) is 0 Å². The topological polar surface area (TPSA) is 4.93 Å². The van der Waals surface area contributed by atoms with Crippen LogP contribution < -0.4 is 0 Å². The second-order valence-electron chi connectivity index (χ2n) is 13.7. The molecule has 0 bridgehead atoms. The summed E-state index contributed by atoms with van der Waals surface area (Å²) in [6.45, 7) is 0. The minimum absolute atomic E-state index is 0.131. The molecule has 1 atom stereocenters. The normalized spacial score (nSPS) is 12.1. The van der Waals surface area contributed by atoms with Crippen molar-refractivity contribution in [1.82, 2.24) is 4.57 Å². The number of fused-ring (bicyclic) bond motifs is 4. The highest BCUT2D eigenvalue weighted by Crippen LogP contribution is 2.40. The van der Waals surface area contributed by atoms with Crippen LogP contribution in [0.1, 0.15) is 22.6 Å². The fourth-order valence-electron chi connectivity index (χ4n) is 8.05. The molecule has 250 valence electrons. The van der Waals surface area contributed by atoms with E-state index in [1.165, 1.54) is 87.0 Å². The van der Waals surface area contributed by atoms with Gasteiger partial charge < -0.3 is 4.57 Å². The molecular formula is C51H35NS. The molecule has 0 N–H and O–H groups in total. The van der Waals surface area contributed by atoms with Crippen LogP contribution in [0, 0.1) is 0 Å². The van der Waals surface area contributed by atoms with Crippen LogP contribution in [0.4, 0.5) is 0 Å². The van der Waals surface area contributed by atoms with Crippen LogP contribution in [0.2, 0.25) is 0 Å². The third kappa shape index (κ3) is 5.65. The van der Waals surface area contributed by atoms with Gasteiger partial charge in [0, 0.05) is 32.1 Å². The van der Waals surface area contributed by atoms with Crippen molar-refractivity contribution in [3.63, 3.8) is 0 Å². The first kappa shape index (κ1) is 31.3. The second kappa shape index (κ2) is 13.2. The average Bonchev–Trinajstić information content (AvgIpc) is 3.86. The van der Waals surface area contributed by atoms with Crippen molar-refractivity contribution in [3.8, 4) is 37.7 Å². The van der Waals surface area contributed by atoms with Gasteiger partial charge in [0.25, 0.3) is 0 Å². The van der Waals surface area contributed by atoms with Crippen LogP contribution in [0.5, 0.6) is 0 Å². The van der Waals surface area contributed by atoms with Crippen molar-refractivity contribution >= 4 is 43.9 Å². The van der Waals surface area contributed by atoms with Crippen LogP contribution in [0.15, 0.2) is 206 Å². The minimum atomic E-state index is 0.131. The lowest BCUT2D eigenvalue weighted by atomic mass is 9.82. The highest BCUT2D eigenvalue weighted by molar-refractivity contribution is 7.18. The van der Waals surface area contributed by atoms with Crippen LogP contribution in [-0.2, 0) is 0 Å². The third-order valence-corrected chi connectivity index (χ3v) is 11.8. The molecule has 0 spiro atoms. The van der Waals surface area contributed by atoms with Crippen LogP contribution >= 0.6 is 11.3 Å². The summed E-state index contributed by atoms with van der Waals surface area (Å²) in [6, 6.07) is 75.4. The van der Waals surface area contributed by atoms with Crippen molar-refractivity contribution in [3.05, 3.63) is 223 Å². The Kier molecular flexibility index (Phi) is 7.82. The van der Waals surface area contributed by atoms with Gasteiger partial charge in [-0.3, -0.25) is 0 Å². The van der Waals surface area contributed by atoms with E-state index < -0.39 is 0 Å². The SMILES string of the molecule is c1ccc(-c2ccc(-c3cccc(-n4c5ccccc5c5cc(-c6ccc(C(c7ccccc7)c7cccc8ccccc78)cc6)ccc54)c3)s2)cc1. The van der Waals surface area contributed by atoms with Gasteiger partial charge in [-0.1, -0.05) is 164 Å². The maximum Gasteiger partial charge on any atom is 0.0541 e. The number of thiophene rings is 1. The van der Waals surface area contributed by atoms with E-state index in [4.69, 9.17) is 0 Å². The number of nitrogens with zero attached hydrogens (tertiary/aromatic N) is 1. The quantitative estimate of drug-likeness (QED) is 0.146. The summed E-state index contributed by atoms with van der Waals surface area (Å²) < 4.78 is 2.42. The van der Waals surface area contributed by atoms with E-state index >= 15 is 0 Å². The van der Waals surface area contributed by atoms with E-state index in [1.54, 1.807) is 0 Å². The lowest BCUT2D eigenvalue weighted by molar-refractivity contribution is 0.989. The van der Waals surface area contributed by atoms with Gasteiger partial charge in [-0.15, -0.1) is 11.3 Å². The fraction of sp³-hybridized carbons (Fsp3) is 0.0196. The van der Waals surface area contributed by atoms with E-state index in [0.29, 0.717) is 0 Å². The van der Waals surface area contributed by atoms with Crippen LogP contribution in [0.25, 0.3) is 70.3 Å². The van der Waals surface area contributed by atoms with Crippen molar-refractivity contribution in [1.29, 1.82) is 0 Å². The maximum absolute atomic E-state index is 2.42. The molecule has 0 aliphatic carbocycles. The molecule has 10 aromatic rings. The Balaban J connectivity index is 1.03. The lowest BCUT2D eigenvalue weighted by Crippen LogP contribution is -2.04. The van der Waals surface area contributed by atoms with E-state index in [1.807, 2.05) is 11.3 Å². The van der Waals surface area contributed by atoms with Crippen LogP contribution in [0.3, 0.4) is 0 Å². The molecule has 10 rings (SSSR count). The number of hydrogen-bond acceptors (Lipinski definition) is 1. The van der Waals surface area contributed by atoms with E-state index in [2.05, 4.69) is 211 Å². The molecule has 53 heavy (non-hydrogen) atoms. The summed E-state index contributed by atoms with van der Waals surface area (Å²) in [5.41, 5.74) is 12.4. The predicted octanol–water partition coefficient (Wildman–Crippen LogP) is 14.2. The highest BCUT2D eigenvalue weighted by Gasteiger charge is 2.20. The zero-order valence-corrected chi connectivity index (χ0v) is 29.9. The summed E-state index contributed by atoms with van der Waals surface area (Å²) in [7, 11) is 0. The molecule has 2 heteroatoms. The molecule has 2 heterocycles. The molecule has 0 aliphatic rings. The Morgan fingerprint density at radius 3 is 1.79 bits per heavy atom. The zero-order valence-electron chi connectivity index (χ0n) is 29.1. The van der Waals surface area contributed by atoms with E-state index in [9.17, 15) is 0 Å². The van der Waals surface area contributed by atoms with Crippen molar-refractivity contribution < 1.29 is 0 Å².